The van der Waals surface area contributed by atoms with Crippen LogP contribution in [0.2, 0.25) is 0 Å². The van der Waals surface area contributed by atoms with Crippen molar-refractivity contribution in [3.63, 3.8) is 0 Å². The summed E-state index contributed by atoms with van der Waals surface area (Å²) in [5.41, 5.74) is 2.65. The van der Waals surface area contributed by atoms with Crippen molar-refractivity contribution in [1.82, 2.24) is 15.2 Å². The van der Waals surface area contributed by atoms with Gasteiger partial charge < -0.3 is 20.4 Å². The van der Waals surface area contributed by atoms with Crippen LogP contribution in [0.25, 0.3) is 10.9 Å². The van der Waals surface area contributed by atoms with Crippen molar-refractivity contribution in [3.05, 3.63) is 60.3 Å². The molecule has 31 heavy (non-hydrogen) atoms. The molecular formula is C23H24N4O4. The Bertz CT molecular complexity index is 1110. The Hall–Kier alpha value is -3.81. The number of methoxy groups -OCH3 is 1. The van der Waals surface area contributed by atoms with E-state index in [1.165, 1.54) is 4.90 Å². The highest BCUT2D eigenvalue weighted by Gasteiger charge is 2.37. The molecule has 8 nitrogen and oxygen atoms in total. The minimum Gasteiger partial charge on any atom is -0.497 e. The number of carbonyl (C=O) groups is 3. The summed E-state index contributed by atoms with van der Waals surface area (Å²) in [7, 11) is 1.60. The molecular weight excluding hydrogens is 396 g/mol. The van der Waals surface area contributed by atoms with Gasteiger partial charge in [0.15, 0.2) is 0 Å². The van der Waals surface area contributed by atoms with Gasteiger partial charge in [-0.1, -0.05) is 18.2 Å². The molecule has 1 fully saturated rings. The van der Waals surface area contributed by atoms with E-state index in [2.05, 4.69) is 15.6 Å². The zero-order valence-corrected chi connectivity index (χ0v) is 17.2. The molecule has 2 aromatic carbocycles. The van der Waals surface area contributed by atoms with Crippen molar-refractivity contribution in [2.24, 2.45) is 0 Å². The second kappa shape index (κ2) is 8.91. The molecule has 0 radical (unpaired) electrons. The lowest BCUT2D eigenvalue weighted by atomic mass is 10.1. The van der Waals surface area contributed by atoms with E-state index >= 15 is 0 Å². The number of amides is 4. The molecule has 2 heterocycles. The van der Waals surface area contributed by atoms with Crippen LogP contribution in [0, 0.1) is 0 Å². The van der Waals surface area contributed by atoms with Crippen LogP contribution in [-0.2, 0) is 16.0 Å². The molecule has 0 bridgehead atoms. The molecule has 1 aliphatic heterocycles. The zero-order chi connectivity index (χ0) is 21.8. The van der Waals surface area contributed by atoms with Gasteiger partial charge in [0.1, 0.15) is 11.8 Å². The minimum atomic E-state index is -0.683. The van der Waals surface area contributed by atoms with Crippen molar-refractivity contribution in [2.75, 3.05) is 19.0 Å². The molecule has 0 saturated carbocycles. The van der Waals surface area contributed by atoms with Gasteiger partial charge in [-0.05, 0) is 48.7 Å². The molecule has 4 amide bonds. The van der Waals surface area contributed by atoms with Crippen LogP contribution in [-0.4, -0.2) is 47.4 Å². The fourth-order valence-corrected chi connectivity index (χ4v) is 3.70. The SMILES string of the molecule is COc1ccc(CCN2C(=O)NC(CCC(=O)Nc3cccc4[nH]ccc34)C2=O)cc1. The number of carbonyl (C=O) groups excluding carboxylic acids is 3. The third-order valence-corrected chi connectivity index (χ3v) is 5.42. The number of ether oxygens (including phenoxy) is 1. The molecule has 3 aromatic rings. The van der Waals surface area contributed by atoms with Gasteiger partial charge in [-0.15, -0.1) is 0 Å². The number of H-pyrrole nitrogens is 1. The first-order valence-electron chi connectivity index (χ1n) is 10.2. The standard InChI is InChI=1S/C23H24N4O4/c1-31-16-7-5-15(6-8-16)12-14-27-22(29)20(26-23(27)30)9-10-21(28)25-19-4-2-3-18-17(19)11-13-24-18/h2-8,11,13,20,24H,9-10,12,14H2,1H3,(H,25,28)(H,26,30). The Balaban J connectivity index is 1.29. The van der Waals surface area contributed by atoms with Gasteiger partial charge in [0, 0.05) is 30.1 Å². The quantitative estimate of drug-likeness (QED) is 0.487. The number of rotatable bonds is 8. The molecule has 160 valence electrons. The first-order chi connectivity index (χ1) is 15.0. The maximum Gasteiger partial charge on any atom is 0.324 e. The summed E-state index contributed by atoms with van der Waals surface area (Å²) >= 11 is 0. The Labute approximate surface area is 179 Å². The molecule has 1 saturated heterocycles. The zero-order valence-electron chi connectivity index (χ0n) is 17.2. The third kappa shape index (κ3) is 4.53. The fraction of sp³-hybridized carbons (Fsp3) is 0.261. The first-order valence-corrected chi connectivity index (χ1v) is 10.2. The number of benzene rings is 2. The molecule has 8 heteroatoms. The summed E-state index contributed by atoms with van der Waals surface area (Å²) in [5.74, 6) is 0.260. The van der Waals surface area contributed by atoms with E-state index in [1.807, 2.05) is 54.7 Å². The monoisotopic (exact) mass is 420 g/mol. The second-order valence-electron chi connectivity index (χ2n) is 7.42. The van der Waals surface area contributed by atoms with Crippen molar-refractivity contribution in [3.8, 4) is 5.75 Å². The predicted molar refractivity (Wildman–Crippen MR) is 117 cm³/mol. The van der Waals surface area contributed by atoms with Crippen LogP contribution in [0.3, 0.4) is 0 Å². The van der Waals surface area contributed by atoms with Crippen LogP contribution in [0.1, 0.15) is 18.4 Å². The van der Waals surface area contributed by atoms with E-state index in [0.29, 0.717) is 12.1 Å². The lowest BCUT2D eigenvalue weighted by molar-refractivity contribution is -0.127. The molecule has 3 N–H and O–H groups in total. The number of hydrogen-bond donors (Lipinski definition) is 3. The van der Waals surface area contributed by atoms with Crippen LogP contribution < -0.4 is 15.4 Å². The Morgan fingerprint density at radius 2 is 1.94 bits per heavy atom. The van der Waals surface area contributed by atoms with Crippen LogP contribution in [0.4, 0.5) is 10.5 Å². The van der Waals surface area contributed by atoms with Crippen molar-refractivity contribution in [2.45, 2.75) is 25.3 Å². The lowest BCUT2D eigenvalue weighted by Crippen LogP contribution is -2.33. The van der Waals surface area contributed by atoms with Crippen molar-refractivity contribution < 1.29 is 19.1 Å². The Kier molecular flexibility index (Phi) is 5.88. The molecule has 0 spiro atoms. The number of aromatic nitrogens is 1. The molecule has 1 aromatic heterocycles. The normalized spacial score (nSPS) is 15.9. The van der Waals surface area contributed by atoms with Gasteiger partial charge in [-0.2, -0.15) is 0 Å². The highest BCUT2D eigenvalue weighted by Crippen LogP contribution is 2.22. The maximum atomic E-state index is 12.6. The second-order valence-corrected chi connectivity index (χ2v) is 7.42. The molecule has 1 atom stereocenters. The number of fused-ring (bicyclic) bond motifs is 1. The average Bonchev–Trinajstić information content (AvgIpc) is 3.36. The van der Waals surface area contributed by atoms with Gasteiger partial charge in [0.05, 0.1) is 12.8 Å². The van der Waals surface area contributed by atoms with Crippen LogP contribution >= 0.6 is 0 Å². The maximum absolute atomic E-state index is 12.6. The first kappa shape index (κ1) is 20.5. The number of urea groups is 1. The van der Waals surface area contributed by atoms with E-state index < -0.39 is 12.1 Å². The molecule has 1 aliphatic rings. The van der Waals surface area contributed by atoms with E-state index in [4.69, 9.17) is 4.74 Å². The Morgan fingerprint density at radius 3 is 2.71 bits per heavy atom. The van der Waals surface area contributed by atoms with Crippen molar-refractivity contribution >= 4 is 34.4 Å². The van der Waals surface area contributed by atoms with Crippen LogP contribution in [0.15, 0.2) is 54.7 Å². The predicted octanol–water partition coefficient (Wildman–Crippen LogP) is 3.06. The summed E-state index contributed by atoms with van der Waals surface area (Å²) in [4.78, 5) is 41.6. The number of nitrogens with one attached hydrogen (secondary N) is 3. The summed E-state index contributed by atoms with van der Waals surface area (Å²) in [5, 5.41) is 6.49. The summed E-state index contributed by atoms with van der Waals surface area (Å²) in [6.45, 7) is 0.287. The van der Waals surface area contributed by atoms with E-state index in [-0.39, 0.29) is 31.2 Å². The van der Waals surface area contributed by atoms with E-state index in [9.17, 15) is 14.4 Å². The highest BCUT2D eigenvalue weighted by atomic mass is 16.5. The summed E-state index contributed by atoms with van der Waals surface area (Å²) in [6, 6.07) is 13.9. The van der Waals surface area contributed by atoms with Gasteiger partial charge in [-0.25, -0.2) is 4.79 Å². The number of aromatic amines is 1. The van der Waals surface area contributed by atoms with Crippen LogP contribution in [0.5, 0.6) is 5.75 Å². The minimum absolute atomic E-state index is 0.129. The van der Waals surface area contributed by atoms with Gasteiger partial charge in [-0.3, -0.25) is 14.5 Å². The highest BCUT2D eigenvalue weighted by molar-refractivity contribution is 6.05. The van der Waals surface area contributed by atoms with Gasteiger partial charge >= 0.3 is 6.03 Å². The lowest BCUT2D eigenvalue weighted by Gasteiger charge is -2.13. The smallest absolute Gasteiger partial charge is 0.324 e. The topological polar surface area (TPSA) is 104 Å². The number of anilines is 1. The molecule has 4 rings (SSSR count). The van der Waals surface area contributed by atoms with Gasteiger partial charge in [0.2, 0.25) is 5.91 Å². The van der Waals surface area contributed by atoms with E-state index in [1.54, 1.807) is 7.11 Å². The largest absolute Gasteiger partial charge is 0.497 e. The summed E-state index contributed by atoms with van der Waals surface area (Å²) < 4.78 is 5.13. The Morgan fingerprint density at radius 1 is 1.13 bits per heavy atom. The molecule has 1 unspecified atom stereocenters. The summed E-state index contributed by atoms with van der Waals surface area (Å²) in [6.07, 6.45) is 2.74. The van der Waals surface area contributed by atoms with Crippen molar-refractivity contribution in [1.29, 1.82) is 0 Å². The molecule has 0 aliphatic carbocycles. The van der Waals surface area contributed by atoms with Gasteiger partial charge in [0.25, 0.3) is 5.91 Å². The average molecular weight is 420 g/mol. The number of nitrogens with zero attached hydrogens (tertiary/aromatic N) is 1. The number of hydrogen-bond acceptors (Lipinski definition) is 4. The number of imide groups is 1. The van der Waals surface area contributed by atoms with E-state index in [0.717, 1.165) is 22.2 Å². The fourth-order valence-electron chi connectivity index (χ4n) is 3.70. The third-order valence-electron chi connectivity index (χ3n) is 5.42.